The van der Waals surface area contributed by atoms with Crippen molar-refractivity contribution >= 4 is 17.5 Å². The summed E-state index contributed by atoms with van der Waals surface area (Å²) in [6.45, 7) is 3.91. The van der Waals surface area contributed by atoms with Crippen LogP contribution in [-0.4, -0.2) is 28.1 Å². The van der Waals surface area contributed by atoms with E-state index in [4.69, 9.17) is 13.0 Å². The maximum atomic E-state index is 12.0. The third-order valence-corrected chi connectivity index (χ3v) is 3.11. The number of carbonyl (C=O) groups excluding carboxylic acids is 1. The summed E-state index contributed by atoms with van der Waals surface area (Å²) >= 11 is 5.93. The molecular weight excluding hydrogens is 238 g/mol. The minimum atomic E-state index is -1.36. The Hall–Kier alpha value is -1.06. The van der Waals surface area contributed by atoms with Crippen LogP contribution in [0.1, 0.15) is 26.3 Å². The van der Waals surface area contributed by atoms with Gasteiger partial charge in [0.1, 0.15) is 5.60 Å². The molecule has 1 aromatic carbocycles. The zero-order valence-corrected chi connectivity index (χ0v) is 10.7. The van der Waals surface area contributed by atoms with Gasteiger partial charge in [-0.3, -0.25) is 4.79 Å². The van der Waals surface area contributed by atoms with Crippen LogP contribution in [0.2, 0.25) is 5.02 Å². The van der Waals surface area contributed by atoms with E-state index in [1.54, 1.807) is 17.0 Å². The van der Waals surface area contributed by atoms with Gasteiger partial charge in [0.2, 0.25) is 0 Å². The fourth-order valence-electron chi connectivity index (χ4n) is 2.01. The minimum absolute atomic E-state index is 0.292. The quantitative estimate of drug-likeness (QED) is 0.833. The summed E-state index contributed by atoms with van der Waals surface area (Å²) in [5.41, 5.74) is 0.482. The lowest BCUT2D eigenvalue weighted by Gasteiger charge is -2.32. The molecule has 0 radical (unpaired) electrons. The summed E-state index contributed by atoms with van der Waals surface area (Å²) in [5.74, 6) is -0.292. The van der Waals surface area contributed by atoms with Crippen LogP contribution in [0.15, 0.2) is 18.2 Å². The first-order valence-corrected chi connectivity index (χ1v) is 5.96. The average Bonchev–Trinajstić information content (AvgIpc) is 2.25. The lowest BCUT2D eigenvalue weighted by atomic mass is 9.98. The summed E-state index contributed by atoms with van der Waals surface area (Å²) in [7, 11) is 0. The highest BCUT2D eigenvalue weighted by Crippen LogP contribution is 2.24. The molecule has 0 saturated carbocycles. The summed E-state index contributed by atoms with van der Waals surface area (Å²) in [6.07, 6.45) is 0.632. The fraction of sp³-hybridized carbons (Fsp3) is 0.462. The van der Waals surface area contributed by atoms with Gasteiger partial charge in [0.25, 0.3) is 5.91 Å². The van der Waals surface area contributed by atoms with Crippen molar-refractivity contribution in [2.75, 3.05) is 6.54 Å². The van der Waals surface area contributed by atoms with E-state index in [9.17, 15) is 9.90 Å². The molecule has 92 valence electrons. The molecule has 1 aliphatic heterocycles. The molecular formula is C13H16ClNO2. The van der Waals surface area contributed by atoms with Crippen LogP contribution in [0.5, 0.6) is 0 Å². The molecule has 0 aliphatic carbocycles. The van der Waals surface area contributed by atoms with E-state index in [0.29, 0.717) is 30.6 Å². The van der Waals surface area contributed by atoms with E-state index in [0.717, 1.165) is 11.1 Å². The maximum absolute atomic E-state index is 12.0. The molecule has 4 heteroatoms. The zero-order chi connectivity index (χ0) is 13.5. The molecule has 0 spiro atoms. The monoisotopic (exact) mass is 254 g/mol. The maximum Gasteiger partial charge on any atom is 0.254 e. The van der Waals surface area contributed by atoms with E-state index in [1.807, 2.05) is 0 Å². The first-order valence-electron chi connectivity index (χ1n) is 6.08. The fourth-order valence-corrected chi connectivity index (χ4v) is 2.20. The van der Waals surface area contributed by atoms with Gasteiger partial charge < -0.3 is 10.0 Å². The number of amides is 1. The summed E-state index contributed by atoms with van der Waals surface area (Å²) in [6, 6.07) is 3.83. The Bertz CT molecular complexity index is 496. The van der Waals surface area contributed by atoms with Crippen molar-refractivity contribution in [2.24, 2.45) is 0 Å². The number of rotatable bonds is 1. The Labute approximate surface area is 107 Å². The van der Waals surface area contributed by atoms with E-state index in [2.05, 4.69) is 0 Å². The van der Waals surface area contributed by atoms with Gasteiger partial charge in [-0.05, 0) is 43.5 Å². The molecule has 1 aliphatic rings. The lowest BCUT2D eigenvalue weighted by Crippen LogP contribution is -2.47. The second-order valence-electron chi connectivity index (χ2n) is 4.86. The van der Waals surface area contributed by atoms with Crippen molar-refractivity contribution in [3.8, 4) is 0 Å². The normalized spacial score (nSPS) is 16.5. The van der Waals surface area contributed by atoms with Crippen molar-refractivity contribution in [3.63, 3.8) is 0 Å². The molecule has 0 atom stereocenters. The first kappa shape index (κ1) is 11.1. The van der Waals surface area contributed by atoms with Crippen LogP contribution in [0.25, 0.3) is 0 Å². The number of fused-ring (bicyclic) bond motifs is 1. The van der Waals surface area contributed by atoms with Crippen molar-refractivity contribution in [3.05, 3.63) is 34.3 Å². The van der Waals surface area contributed by atoms with Gasteiger partial charge in [-0.2, -0.15) is 0 Å². The van der Waals surface area contributed by atoms with Crippen LogP contribution in [0.3, 0.4) is 0 Å². The van der Waals surface area contributed by atoms with Gasteiger partial charge in [-0.15, -0.1) is 0 Å². The van der Waals surface area contributed by atoms with Gasteiger partial charge in [0, 0.05) is 18.1 Å². The Kier molecular flexibility index (Phi) is 2.81. The molecule has 1 heterocycles. The molecule has 1 aromatic rings. The van der Waals surface area contributed by atoms with Gasteiger partial charge >= 0.3 is 0 Å². The molecule has 0 bridgehead atoms. The number of hydrogen-bond donors (Lipinski definition) is 1. The Balaban J connectivity index is 2.28. The van der Waals surface area contributed by atoms with E-state index >= 15 is 0 Å². The molecule has 3 nitrogen and oxygen atoms in total. The third-order valence-electron chi connectivity index (χ3n) is 2.89. The molecule has 1 amide bonds. The number of aliphatic hydroxyl groups is 1. The molecule has 0 unspecified atom stereocenters. The predicted molar refractivity (Wildman–Crippen MR) is 66.9 cm³/mol. The van der Waals surface area contributed by atoms with Gasteiger partial charge in [0.05, 0.1) is 1.37 Å². The molecule has 0 fully saturated rings. The average molecular weight is 255 g/mol. The predicted octanol–water partition coefficient (Wildman–Crippen LogP) is 2.00. The van der Waals surface area contributed by atoms with E-state index in [-0.39, 0.29) is 5.91 Å². The second-order valence-corrected chi connectivity index (χ2v) is 5.29. The van der Waals surface area contributed by atoms with Crippen molar-refractivity contribution in [2.45, 2.75) is 32.4 Å². The molecule has 1 N–H and O–H groups in total. The van der Waals surface area contributed by atoms with Crippen molar-refractivity contribution in [1.82, 2.24) is 4.90 Å². The van der Waals surface area contributed by atoms with Crippen molar-refractivity contribution < 1.29 is 11.3 Å². The molecule has 17 heavy (non-hydrogen) atoms. The number of nitrogens with zero attached hydrogens (tertiary/aromatic N) is 1. The van der Waals surface area contributed by atoms with E-state index < -0.39 is 5.60 Å². The summed E-state index contributed by atoms with van der Waals surface area (Å²) in [4.78, 5) is 13.6. The van der Waals surface area contributed by atoms with E-state index in [1.165, 1.54) is 13.8 Å². The molecule has 2 rings (SSSR count). The third kappa shape index (κ3) is 2.61. The highest BCUT2D eigenvalue weighted by molar-refractivity contribution is 6.30. The van der Waals surface area contributed by atoms with Crippen LogP contribution >= 0.6 is 11.6 Å². The van der Waals surface area contributed by atoms with Gasteiger partial charge in [-0.1, -0.05) is 17.6 Å². The lowest BCUT2D eigenvalue weighted by molar-refractivity contribution is -0.148. The summed E-state index contributed by atoms with van der Waals surface area (Å²) < 4.78 is 7.85. The van der Waals surface area contributed by atoms with Gasteiger partial charge in [0.15, 0.2) is 0 Å². The largest absolute Gasteiger partial charge is 0.381 e. The highest BCUT2D eigenvalue weighted by Gasteiger charge is 2.31. The number of hydrogen-bond acceptors (Lipinski definition) is 2. The summed E-state index contributed by atoms with van der Waals surface area (Å²) in [5, 5.41) is 10.3. The highest BCUT2D eigenvalue weighted by atomic mass is 35.5. The first-order chi connectivity index (χ1) is 8.29. The van der Waals surface area contributed by atoms with Gasteiger partial charge in [-0.25, -0.2) is 0 Å². The SMILES string of the molecule is [2H]c1cc(Cl)cc2c1CCN(C(=O)C(C)(C)O)C2. The van der Waals surface area contributed by atoms with Crippen LogP contribution in [0.4, 0.5) is 0 Å². The van der Waals surface area contributed by atoms with Crippen LogP contribution < -0.4 is 0 Å². The number of benzene rings is 1. The van der Waals surface area contributed by atoms with Crippen LogP contribution in [0, 0.1) is 0 Å². The van der Waals surface area contributed by atoms with Crippen LogP contribution in [-0.2, 0) is 17.8 Å². The molecule has 0 aromatic heterocycles. The zero-order valence-electron chi connectivity index (χ0n) is 11.0. The number of carbonyl (C=O) groups is 1. The Morgan fingerprint density at radius 2 is 2.29 bits per heavy atom. The minimum Gasteiger partial charge on any atom is -0.381 e. The Morgan fingerprint density at radius 1 is 1.59 bits per heavy atom. The second kappa shape index (κ2) is 4.31. The Morgan fingerprint density at radius 3 is 2.94 bits per heavy atom. The molecule has 0 saturated heterocycles. The topological polar surface area (TPSA) is 40.5 Å². The van der Waals surface area contributed by atoms with Crippen molar-refractivity contribution in [1.29, 1.82) is 0 Å². The smallest absolute Gasteiger partial charge is 0.254 e. The number of halogens is 1. The standard InChI is InChI=1S/C13H16ClNO2/c1-13(2,17)12(16)15-6-5-9-3-4-11(14)7-10(9)8-15/h3-4,7,17H,5-6,8H2,1-2H3/i3D.